The van der Waals surface area contributed by atoms with Crippen LogP contribution >= 0.6 is 0 Å². The van der Waals surface area contributed by atoms with Gasteiger partial charge in [0.2, 0.25) is 5.91 Å². The number of nitrogens with one attached hydrogen (secondary N) is 1. The lowest BCUT2D eigenvalue weighted by Gasteiger charge is -2.06. The largest absolute Gasteiger partial charge is 0.334 e. The molecule has 140 valence electrons. The lowest BCUT2D eigenvalue weighted by Crippen LogP contribution is -2.11. The molecule has 1 N–H and O–H groups in total. The van der Waals surface area contributed by atoms with E-state index in [2.05, 4.69) is 57.7 Å². The molecule has 28 heavy (non-hydrogen) atoms. The molecule has 0 radical (unpaired) electrons. The molecule has 5 heteroatoms. The first-order valence-electron chi connectivity index (χ1n) is 9.39. The van der Waals surface area contributed by atoms with E-state index >= 15 is 0 Å². The molecular weight excluding hydrogens is 348 g/mol. The van der Waals surface area contributed by atoms with E-state index in [1.807, 2.05) is 30.1 Å². The van der Waals surface area contributed by atoms with E-state index in [1.54, 1.807) is 12.4 Å². The molecule has 2 heterocycles. The summed E-state index contributed by atoms with van der Waals surface area (Å²) in [4.78, 5) is 20.4. The lowest BCUT2D eigenvalue weighted by molar-refractivity contribution is -0.116. The SMILES string of the molecule is Cn1cnc2cc(-c3ccc(CCCC(=O)Nc4cccnc4)cc3)ccc21. The molecule has 2 aromatic heterocycles. The molecule has 0 saturated heterocycles. The minimum atomic E-state index is 0.0216. The highest BCUT2D eigenvalue weighted by Gasteiger charge is 2.05. The van der Waals surface area contributed by atoms with Crippen LogP contribution in [0.25, 0.3) is 22.2 Å². The Labute approximate surface area is 164 Å². The van der Waals surface area contributed by atoms with Gasteiger partial charge in [-0.05, 0) is 53.8 Å². The quantitative estimate of drug-likeness (QED) is 0.540. The highest BCUT2D eigenvalue weighted by atomic mass is 16.1. The highest BCUT2D eigenvalue weighted by Crippen LogP contribution is 2.24. The zero-order chi connectivity index (χ0) is 19.3. The summed E-state index contributed by atoms with van der Waals surface area (Å²) < 4.78 is 2.02. The molecule has 0 aliphatic heterocycles. The second-order valence-electron chi connectivity index (χ2n) is 6.90. The fraction of sp³-hybridized carbons (Fsp3) is 0.174. The number of aryl methyl sites for hydroxylation is 2. The average molecular weight is 370 g/mol. The summed E-state index contributed by atoms with van der Waals surface area (Å²) in [5, 5.41) is 2.87. The van der Waals surface area contributed by atoms with E-state index in [0.717, 1.165) is 35.1 Å². The summed E-state index contributed by atoms with van der Waals surface area (Å²) in [6, 6.07) is 18.5. The standard InChI is InChI=1S/C23H22N4O/c1-27-16-25-21-14-19(11-12-22(21)27)18-9-7-17(8-10-18)4-2-6-23(28)26-20-5-3-13-24-15-20/h3,5,7-16H,2,4,6H2,1H3,(H,26,28). The van der Waals surface area contributed by atoms with Crippen LogP contribution in [0.2, 0.25) is 0 Å². The van der Waals surface area contributed by atoms with Crippen molar-refractivity contribution in [3.63, 3.8) is 0 Å². The Morgan fingerprint density at radius 3 is 2.68 bits per heavy atom. The lowest BCUT2D eigenvalue weighted by atomic mass is 10.0. The molecule has 0 unspecified atom stereocenters. The molecule has 4 rings (SSSR count). The number of carbonyl (C=O) groups excluding carboxylic acids is 1. The van der Waals surface area contributed by atoms with Gasteiger partial charge >= 0.3 is 0 Å². The van der Waals surface area contributed by atoms with Gasteiger partial charge in [0, 0.05) is 19.7 Å². The monoisotopic (exact) mass is 370 g/mol. The molecule has 4 aromatic rings. The van der Waals surface area contributed by atoms with Gasteiger partial charge < -0.3 is 9.88 Å². The molecule has 0 aliphatic rings. The molecule has 1 amide bonds. The Balaban J connectivity index is 1.33. The zero-order valence-corrected chi connectivity index (χ0v) is 15.8. The smallest absolute Gasteiger partial charge is 0.224 e. The number of benzene rings is 2. The van der Waals surface area contributed by atoms with E-state index in [9.17, 15) is 4.79 Å². The van der Waals surface area contributed by atoms with Gasteiger partial charge in [0.1, 0.15) is 0 Å². The molecule has 5 nitrogen and oxygen atoms in total. The number of aromatic nitrogens is 3. The summed E-state index contributed by atoms with van der Waals surface area (Å²) in [5.41, 5.74) is 6.44. The maximum atomic E-state index is 12.0. The molecule has 0 fully saturated rings. The van der Waals surface area contributed by atoms with Crippen molar-refractivity contribution in [2.75, 3.05) is 5.32 Å². The number of hydrogen-bond acceptors (Lipinski definition) is 3. The highest BCUT2D eigenvalue weighted by molar-refractivity contribution is 5.90. The van der Waals surface area contributed by atoms with Gasteiger partial charge in [-0.2, -0.15) is 0 Å². The minimum absolute atomic E-state index is 0.0216. The molecule has 0 aliphatic carbocycles. The van der Waals surface area contributed by atoms with Crippen LogP contribution in [0.4, 0.5) is 5.69 Å². The first kappa shape index (κ1) is 17.9. The van der Waals surface area contributed by atoms with Crippen molar-refractivity contribution in [3.05, 3.63) is 78.9 Å². The van der Waals surface area contributed by atoms with Crippen molar-refractivity contribution in [2.45, 2.75) is 19.3 Å². The van der Waals surface area contributed by atoms with Gasteiger partial charge in [0.05, 0.1) is 29.2 Å². The summed E-state index contributed by atoms with van der Waals surface area (Å²) in [6.45, 7) is 0. The summed E-state index contributed by atoms with van der Waals surface area (Å²) in [6.07, 6.45) is 7.35. The molecule has 2 aromatic carbocycles. The number of fused-ring (bicyclic) bond motifs is 1. The van der Waals surface area contributed by atoms with Crippen molar-refractivity contribution >= 4 is 22.6 Å². The number of pyridine rings is 1. The van der Waals surface area contributed by atoms with Crippen molar-refractivity contribution in [1.82, 2.24) is 14.5 Å². The van der Waals surface area contributed by atoms with Crippen LogP contribution < -0.4 is 5.32 Å². The van der Waals surface area contributed by atoms with Gasteiger partial charge in [-0.15, -0.1) is 0 Å². The Hall–Kier alpha value is -3.47. The maximum Gasteiger partial charge on any atom is 0.224 e. The van der Waals surface area contributed by atoms with Gasteiger partial charge in [0.15, 0.2) is 0 Å². The van der Waals surface area contributed by atoms with Crippen LogP contribution in [0.15, 0.2) is 73.3 Å². The fourth-order valence-electron chi connectivity index (χ4n) is 3.29. The summed E-state index contributed by atoms with van der Waals surface area (Å²) in [5.74, 6) is 0.0216. The third-order valence-electron chi connectivity index (χ3n) is 4.83. The predicted molar refractivity (Wildman–Crippen MR) is 112 cm³/mol. The molecule has 0 saturated carbocycles. The topological polar surface area (TPSA) is 59.8 Å². The van der Waals surface area contributed by atoms with Crippen LogP contribution in [0, 0.1) is 0 Å². The number of nitrogens with zero attached hydrogens (tertiary/aromatic N) is 3. The molecule has 0 bridgehead atoms. The van der Waals surface area contributed by atoms with Gasteiger partial charge in [-0.25, -0.2) is 4.98 Å². The number of rotatable bonds is 6. The van der Waals surface area contributed by atoms with E-state index in [1.165, 1.54) is 11.1 Å². The normalized spacial score (nSPS) is 10.9. The van der Waals surface area contributed by atoms with Gasteiger partial charge in [-0.1, -0.05) is 30.3 Å². The number of anilines is 1. The van der Waals surface area contributed by atoms with E-state index in [-0.39, 0.29) is 5.91 Å². The van der Waals surface area contributed by atoms with E-state index in [4.69, 9.17) is 0 Å². The Morgan fingerprint density at radius 2 is 1.89 bits per heavy atom. The third-order valence-corrected chi connectivity index (χ3v) is 4.83. The maximum absolute atomic E-state index is 12.0. The summed E-state index contributed by atoms with van der Waals surface area (Å²) >= 11 is 0. The Morgan fingerprint density at radius 1 is 1.07 bits per heavy atom. The van der Waals surface area contributed by atoms with Crippen LogP contribution in [-0.4, -0.2) is 20.4 Å². The first-order chi connectivity index (χ1) is 13.7. The number of hydrogen-bond donors (Lipinski definition) is 1. The van der Waals surface area contributed by atoms with Crippen LogP contribution in [0.3, 0.4) is 0 Å². The minimum Gasteiger partial charge on any atom is -0.334 e. The Bertz CT molecular complexity index is 1080. The number of imidazole rings is 1. The number of carbonyl (C=O) groups is 1. The van der Waals surface area contributed by atoms with Crippen molar-refractivity contribution < 1.29 is 4.79 Å². The second-order valence-corrected chi connectivity index (χ2v) is 6.90. The van der Waals surface area contributed by atoms with E-state index in [0.29, 0.717) is 6.42 Å². The van der Waals surface area contributed by atoms with Crippen LogP contribution in [-0.2, 0) is 18.3 Å². The molecule has 0 atom stereocenters. The van der Waals surface area contributed by atoms with Gasteiger partial charge in [0.25, 0.3) is 0 Å². The van der Waals surface area contributed by atoms with Crippen LogP contribution in [0.1, 0.15) is 18.4 Å². The van der Waals surface area contributed by atoms with Crippen molar-refractivity contribution in [3.8, 4) is 11.1 Å². The fourth-order valence-corrected chi connectivity index (χ4v) is 3.29. The van der Waals surface area contributed by atoms with Crippen LogP contribution in [0.5, 0.6) is 0 Å². The summed E-state index contributed by atoms with van der Waals surface area (Å²) in [7, 11) is 2.00. The van der Waals surface area contributed by atoms with Crippen molar-refractivity contribution in [2.24, 2.45) is 7.05 Å². The Kier molecular flexibility index (Phi) is 5.15. The van der Waals surface area contributed by atoms with E-state index < -0.39 is 0 Å². The molecule has 0 spiro atoms. The molecular formula is C23H22N4O. The first-order valence-corrected chi connectivity index (χ1v) is 9.39. The zero-order valence-electron chi connectivity index (χ0n) is 15.8. The number of amides is 1. The van der Waals surface area contributed by atoms with Crippen molar-refractivity contribution in [1.29, 1.82) is 0 Å². The van der Waals surface area contributed by atoms with Gasteiger partial charge in [-0.3, -0.25) is 9.78 Å². The predicted octanol–water partition coefficient (Wildman–Crippen LogP) is 4.60. The third kappa shape index (κ3) is 4.09. The second kappa shape index (κ2) is 8.05. The average Bonchev–Trinajstić information content (AvgIpc) is 3.09.